The van der Waals surface area contributed by atoms with Crippen molar-refractivity contribution in [3.05, 3.63) is 41.4 Å². The fraction of sp³-hybridized carbons (Fsp3) is 0.167. The molecule has 2 aromatic rings. The average Bonchev–Trinajstić information content (AvgIpc) is 2.60. The third-order valence-electron chi connectivity index (χ3n) is 2.56. The second-order valence-corrected chi connectivity index (χ2v) is 3.87. The Morgan fingerprint density at radius 3 is 2.74 bits per heavy atom. The minimum Gasteiger partial charge on any atom is -0.478 e. The number of fused-ring (bicyclic) bond motifs is 1. The first-order valence-corrected chi connectivity index (χ1v) is 5.26. The van der Waals surface area contributed by atoms with E-state index in [0.29, 0.717) is 11.4 Å². The van der Waals surface area contributed by atoms with Crippen LogP contribution in [0.4, 0.5) is 13.2 Å². The first-order chi connectivity index (χ1) is 8.80. The molecule has 0 saturated carbocycles. The number of aliphatic carboxylic acids is 1. The number of imidazole rings is 1. The van der Waals surface area contributed by atoms with E-state index < -0.39 is 17.7 Å². The zero-order valence-electron chi connectivity index (χ0n) is 9.77. The molecule has 0 fully saturated rings. The molecule has 0 aliphatic rings. The molecule has 0 bridgehead atoms. The van der Waals surface area contributed by atoms with Crippen LogP contribution in [0.3, 0.4) is 0 Å². The molecule has 0 aromatic carbocycles. The molecule has 0 aliphatic heterocycles. The topological polar surface area (TPSA) is 54.6 Å². The van der Waals surface area contributed by atoms with E-state index in [1.807, 2.05) is 0 Å². The largest absolute Gasteiger partial charge is 0.478 e. The second kappa shape index (κ2) is 4.42. The zero-order valence-corrected chi connectivity index (χ0v) is 9.77. The molecule has 4 nitrogen and oxygen atoms in total. The van der Waals surface area contributed by atoms with Gasteiger partial charge in [0.1, 0.15) is 5.65 Å². The predicted octanol–water partition coefficient (Wildman–Crippen LogP) is 2.76. The van der Waals surface area contributed by atoms with E-state index in [1.54, 1.807) is 0 Å². The highest BCUT2D eigenvalue weighted by Gasteiger charge is 2.34. The van der Waals surface area contributed by atoms with Gasteiger partial charge >= 0.3 is 12.1 Å². The molecule has 0 spiro atoms. The molecule has 2 rings (SSSR count). The second-order valence-electron chi connectivity index (χ2n) is 3.87. The lowest BCUT2D eigenvalue weighted by Gasteiger charge is -2.07. The minimum absolute atomic E-state index is 0.238. The van der Waals surface area contributed by atoms with Crippen molar-refractivity contribution in [2.75, 3.05) is 0 Å². The molecule has 2 aromatic heterocycles. The van der Waals surface area contributed by atoms with Crippen LogP contribution in [0.2, 0.25) is 0 Å². The number of carboxylic acids is 1. The summed E-state index contributed by atoms with van der Waals surface area (Å²) < 4.78 is 39.6. The fourth-order valence-corrected chi connectivity index (χ4v) is 1.77. The maximum absolute atomic E-state index is 12.8. The molecule has 0 amide bonds. The highest BCUT2D eigenvalue weighted by molar-refractivity contribution is 5.85. The van der Waals surface area contributed by atoms with E-state index >= 15 is 0 Å². The van der Waals surface area contributed by atoms with Crippen molar-refractivity contribution in [1.82, 2.24) is 9.38 Å². The number of nitrogens with zero attached hydrogens (tertiary/aromatic N) is 2. The Labute approximate surface area is 105 Å². The van der Waals surface area contributed by atoms with Gasteiger partial charge in [-0.3, -0.25) is 4.40 Å². The van der Waals surface area contributed by atoms with E-state index in [9.17, 15) is 18.0 Å². The Balaban J connectivity index is 2.69. The number of aromatic nitrogens is 2. The van der Waals surface area contributed by atoms with Gasteiger partial charge in [0.15, 0.2) is 0 Å². The molecular weight excluding hydrogens is 261 g/mol. The Bertz CT molecular complexity index is 671. The Morgan fingerprint density at radius 2 is 2.16 bits per heavy atom. The number of aryl methyl sites for hydroxylation is 1. The summed E-state index contributed by atoms with van der Waals surface area (Å²) in [7, 11) is 0. The standard InChI is InChI=1S/C12H9F3N2O2/c1-7-9(4-5-10(18)19)17-6-2-3-8(11(17)16-7)12(13,14)15/h2-6H,1H3,(H,18,19)/b5-4+. The third-order valence-corrected chi connectivity index (χ3v) is 2.56. The van der Waals surface area contributed by atoms with Crippen molar-refractivity contribution in [3.63, 3.8) is 0 Å². The van der Waals surface area contributed by atoms with Crippen molar-refractivity contribution in [3.8, 4) is 0 Å². The first-order valence-electron chi connectivity index (χ1n) is 5.26. The quantitative estimate of drug-likeness (QED) is 0.854. The summed E-state index contributed by atoms with van der Waals surface area (Å²) in [6.45, 7) is 1.52. The van der Waals surface area contributed by atoms with Gasteiger partial charge in [0.05, 0.1) is 17.0 Å². The number of hydrogen-bond donors (Lipinski definition) is 1. The summed E-state index contributed by atoms with van der Waals surface area (Å²) in [6.07, 6.45) is -1.02. The molecule has 0 unspecified atom stereocenters. The van der Waals surface area contributed by atoms with Crippen LogP contribution in [0.5, 0.6) is 0 Å². The number of hydrogen-bond acceptors (Lipinski definition) is 2. The summed E-state index contributed by atoms with van der Waals surface area (Å²) in [5, 5.41) is 8.56. The van der Waals surface area contributed by atoms with Crippen molar-refractivity contribution < 1.29 is 23.1 Å². The zero-order chi connectivity index (χ0) is 14.2. The Morgan fingerprint density at radius 1 is 1.47 bits per heavy atom. The summed E-state index contributed by atoms with van der Waals surface area (Å²) in [6, 6.07) is 2.18. The van der Waals surface area contributed by atoms with E-state index in [4.69, 9.17) is 5.11 Å². The van der Waals surface area contributed by atoms with Crippen LogP contribution < -0.4 is 0 Å². The summed E-state index contributed by atoms with van der Waals surface area (Å²) >= 11 is 0. The van der Waals surface area contributed by atoms with Gasteiger partial charge in [-0.1, -0.05) is 0 Å². The third kappa shape index (κ3) is 2.44. The van der Waals surface area contributed by atoms with Crippen molar-refractivity contribution in [2.24, 2.45) is 0 Å². The van der Waals surface area contributed by atoms with Crippen molar-refractivity contribution >= 4 is 17.7 Å². The highest BCUT2D eigenvalue weighted by Crippen LogP contribution is 2.32. The number of halogens is 3. The first kappa shape index (κ1) is 13.1. The number of alkyl halides is 3. The lowest BCUT2D eigenvalue weighted by molar-refractivity contribution is -0.136. The van der Waals surface area contributed by atoms with Crippen LogP contribution in [0.25, 0.3) is 11.7 Å². The molecule has 0 aliphatic carbocycles. The molecule has 0 radical (unpaired) electrons. The van der Waals surface area contributed by atoms with Crippen LogP contribution in [-0.2, 0) is 11.0 Å². The van der Waals surface area contributed by atoms with Crippen LogP contribution in [0, 0.1) is 6.92 Å². The smallest absolute Gasteiger partial charge is 0.419 e. The average molecular weight is 270 g/mol. The van der Waals surface area contributed by atoms with Gasteiger partial charge in [0.2, 0.25) is 0 Å². The van der Waals surface area contributed by atoms with Crippen molar-refractivity contribution in [1.29, 1.82) is 0 Å². The Kier molecular flexibility index (Phi) is 3.05. The fourth-order valence-electron chi connectivity index (χ4n) is 1.77. The van der Waals surface area contributed by atoms with E-state index in [2.05, 4.69) is 4.98 Å². The predicted molar refractivity (Wildman–Crippen MR) is 61.6 cm³/mol. The summed E-state index contributed by atoms with van der Waals surface area (Å²) in [5.74, 6) is -1.18. The van der Waals surface area contributed by atoms with Gasteiger partial charge in [-0.25, -0.2) is 9.78 Å². The van der Waals surface area contributed by atoms with Gasteiger partial charge in [-0.2, -0.15) is 13.2 Å². The number of rotatable bonds is 2. The molecular formula is C12H9F3N2O2. The SMILES string of the molecule is Cc1nc2c(C(F)(F)F)cccn2c1/C=C/C(=O)O. The maximum atomic E-state index is 12.8. The normalized spacial score (nSPS) is 12.4. The summed E-state index contributed by atoms with van der Waals surface area (Å²) in [5.41, 5.74) is -0.455. The van der Waals surface area contributed by atoms with Crippen molar-refractivity contribution in [2.45, 2.75) is 13.1 Å². The van der Waals surface area contributed by atoms with Gasteiger partial charge < -0.3 is 5.11 Å². The molecule has 19 heavy (non-hydrogen) atoms. The van der Waals surface area contributed by atoms with Crippen LogP contribution in [0.15, 0.2) is 24.4 Å². The lowest BCUT2D eigenvalue weighted by atomic mass is 10.2. The van der Waals surface area contributed by atoms with E-state index in [-0.39, 0.29) is 5.65 Å². The maximum Gasteiger partial charge on any atom is 0.419 e. The lowest BCUT2D eigenvalue weighted by Crippen LogP contribution is -2.07. The van der Waals surface area contributed by atoms with Crippen LogP contribution >= 0.6 is 0 Å². The Hall–Kier alpha value is -2.31. The molecule has 7 heteroatoms. The van der Waals surface area contributed by atoms with Gasteiger partial charge in [-0.15, -0.1) is 0 Å². The van der Waals surface area contributed by atoms with Gasteiger partial charge in [0, 0.05) is 12.3 Å². The molecule has 1 N–H and O–H groups in total. The van der Waals surface area contributed by atoms with Crippen LogP contribution in [-0.4, -0.2) is 20.5 Å². The van der Waals surface area contributed by atoms with E-state index in [1.165, 1.54) is 29.7 Å². The molecule has 0 atom stereocenters. The number of pyridine rings is 1. The molecule has 100 valence electrons. The molecule has 0 saturated heterocycles. The monoisotopic (exact) mass is 270 g/mol. The van der Waals surface area contributed by atoms with Crippen LogP contribution in [0.1, 0.15) is 17.0 Å². The minimum atomic E-state index is -4.51. The highest BCUT2D eigenvalue weighted by atomic mass is 19.4. The number of carbonyl (C=O) groups is 1. The molecule has 2 heterocycles. The van der Waals surface area contributed by atoms with Gasteiger partial charge in [0.25, 0.3) is 0 Å². The summed E-state index contributed by atoms with van der Waals surface area (Å²) in [4.78, 5) is 14.3. The number of carboxylic acid groups (broad SMARTS) is 1. The van der Waals surface area contributed by atoms with Gasteiger partial charge in [-0.05, 0) is 25.1 Å². The van der Waals surface area contributed by atoms with E-state index in [0.717, 1.165) is 12.1 Å².